The van der Waals surface area contributed by atoms with Gasteiger partial charge < -0.3 is 0 Å². The summed E-state index contributed by atoms with van der Waals surface area (Å²) in [7, 11) is 0. The first-order valence-electron chi connectivity index (χ1n) is 9.55. The lowest BCUT2D eigenvalue weighted by molar-refractivity contribution is 0.102. The Balaban J connectivity index is 1.53. The molecule has 0 spiro atoms. The quantitative estimate of drug-likeness (QED) is 0.520. The minimum absolute atomic E-state index is 0.232. The number of para-hydroxylation sites is 1. The molecule has 7 heteroatoms. The lowest BCUT2D eigenvalue weighted by atomic mass is 10.0. The van der Waals surface area contributed by atoms with Crippen molar-refractivity contribution in [1.82, 2.24) is 20.0 Å². The highest BCUT2D eigenvalue weighted by atomic mass is 32.1. The van der Waals surface area contributed by atoms with Gasteiger partial charge in [0.25, 0.3) is 5.91 Å². The normalized spacial score (nSPS) is 13.4. The average Bonchev–Trinajstić information content (AvgIpc) is 3.32. The summed E-state index contributed by atoms with van der Waals surface area (Å²) in [4.78, 5) is 13.1. The molecule has 0 unspecified atom stereocenters. The van der Waals surface area contributed by atoms with Gasteiger partial charge in [-0.25, -0.2) is 4.68 Å². The van der Waals surface area contributed by atoms with Crippen LogP contribution >= 0.6 is 11.3 Å². The van der Waals surface area contributed by atoms with E-state index in [1.165, 1.54) is 11.3 Å². The standard InChI is InChI=1S/C22H19N5OS/c1-14-7-5-6-10-17(14)19-18(13-27(26-19)16-8-3-2-4-9-16)20(28)23-22-25-24-21(29-22)15-11-12-15/h2-10,13,15H,11-12H2,1H3,(H,23,25,28). The second-order valence-corrected chi connectivity index (χ2v) is 8.17. The monoisotopic (exact) mass is 401 g/mol. The zero-order valence-corrected chi connectivity index (χ0v) is 16.7. The van der Waals surface area contributed by atoms with Gasteiger partial charge in [0.2, 0.25) is 5.13 Å². The number of aromatic nitrogens is 4. The number of rotatable bonds is 5. The maximum atomic E-state index is 13.1. The third kappa shape index (κ3) is 3.56. The van der Waals surface area contributed by atoms with Gasteiger partial charge in [0.05, 0.1) is 11.3 Å². The second kappa shape index (κ2) is 7.25. The Morgan fingerprint density at radius 3 is 2.59 bits per heavy atom. The molecule has 144 valence electrons. The van der Waals surface area contributed by atoms with Gasteiger partial charge in [-0.1, -0.05) is 53.8 Å². The summed E-state index contributed by atoms with van der Waals surface area (Å²) >= 11 is 1.45. The van der Waals surface area contributed by atoms with E-state index in [9.17, 15) is 4.79 Å². The molecule has 0 aliphatic heterocycles. The molecule has 0 saturated heterocycles. The third-order valence-corrected chi connectivity index (χ3v) is 5.97. The van der Waals surface area contributed by atoms with Crippen LogP contribution in [0.15, 0.2) is 60.8 Å². The first kappa shape index (κ1) is 17.8. The Morgan fingerprint density at radius 1 is 1.07 bits per heavy atom. The Bertz CT molecular complexity index is 1180. The summed E-state index contributed by atoms with van der Waals surface area (Å²) in [5.41, 5.74) is 4.05. The summed E-state index contributed by atoms with van der Waals surface area (Å²) in [5.74, 6) is 0.283. The molecule has 2 heterocycles. The molecule has 4 aromatic rings. The molecule has 1 aliphatic carbocycles. The van der Waals surface area contributed by atoms with Gasteiger partial charge in [-0.05, 0) is 37.5 Å². The van der Waals surface area contributed by atoms with Crippen molar-refractivity contribution in [3.05, 3.63) is 76.9 Å². The molecule has 0 bridgehead atoms. The van der Waals surface area contributed by atoms with E-state index >= 15 is 0 Å². The predicted octanol–water partition coefficient (Wildman–Crippen LogP) is 4.83. The van der Waals surface area contributed by atoms with Crippen molar-refractivity contribution >= 4 is 22.4 Å². The highest BCUT2D eigenvalue weighted by molar-refractivity contribution is 7.15. The highest BCUT2D eigenvalue weighted by Gasteiger charge is 2.28. The van der Waals surface area contributed by atoms with Gasteiger partial charge in [0, 0.05) is 17.7 Å². The van der Waals surface area contributed by atoms with Crippen molar-refractivity contribution in [1.29, 1.82) is 0 Å². The van der Waals surface area contributed by atoms with E-state index in [0.717, 1.165) is 34.7 Å². The van der Waals surface area contributed by atoms with Crippen LogP contribution in [-0.4, -0.2) is 25.9 Å². The smallest absolute Gasteiger partial charge is 0.261 e. The Labute approximate surface area is 172 Å². The number of benzene rings is 2. The third-order valence-electron chi connectivity index (χ3n) is 4.97. The van der Waals surface area contributed by atoms with Crippen molar-refractivity contribution in [3.8, 4) is 16.9 Å². The van der Waals surface area contributed by atoms with Gasteiger partial charge in [-0.2, -0.15) is 5.10 Å². The van der Waals surface area contributed by atoms with Crippen molar-refractivity contribution in [3.63, 3.8) is 0 Å². The van der Waals surface area contributed by atoms with E-state index in [1.807, 2.05) is 61.5 Å². The van der Waals surface area contributed by atoms with Crippen LogP contribution in [0.25, 0.3) is 16.9 Å². The molecule has 6 nitrogen and oxygen atoms in total. The topological polar surface area (TPSA) is 72.7 Å². The van der Waals surface area contributed by atoms with E-state index in [1.54, 1.807) is 10.9 Å². The summed E-state index contributed by atoms with van der Waals surface area (Å²) < 4.78 is 1.74. The van der Waals surface area contributed by atoms with Crippen LogP contribution in [0.2, 0.25) is 0 Å². The van der Waals surface area contributed by atoms with Gasteiger partial charge in [0.15, 0.2) is 0 Å². The number of nitrogens with one attached hydrogen (secondary N) is 1. The fourth-order valence-corrected chi connectivity index (χ4v) is 4.14. The lowest BCUT2D eigenvalue weighted by Crippen LogP contribution is -2.12. The van der Waals surface area contributed by atoms with E-state index in [2.05, 4.69) is 15.5 Å². The zero-order valence-electron chi connectivity index (χ0n) is 15.9. The minimum atomic E-state index is -0.232. The van der Waals surface area contributed by atoms with Crippen molar-refractivity contribution in [2.45, 2.75) is 25.7 Å². The number of hydrogen-bond donors (Lipinski definition) is 1. The maximum Gasteiger partial charge on any atom is 0.261 e. The van der Waals surface area contributed by atoms with Crippen LogP contribution in [0.5, 0.6) is 0 Å². The highest BCUT2D eigenvalue weighted by Crippen LogP contribution is 2.42. The number of aryl methyl sites for hydroxylation is 1. The molecule has 1 aliphatic rings. The Kier molecular flexibility index (Phi) is 4.44. The molecule has 1 saturated carbocycles. The summed E-state index contributed by atoms with van der Waals surface area (Å²) in [5, 5.41) is 17.5. The first-order chi connectivity index (χ1) is 14.2. The number of hydrogen-bond acceptors (Lipinski definition) is 5. The van der Waals surface area contributed by atoms with E-state index in [-0.39, 0.29) is 5.91 Å². The first-order valence-corrected chi connectivity index (χ1v) is 10.4. The number of carbonyl (C=O) groups is 1. The Morgan fingerprint density at radius 2 is 1.83 bits per heavy atom. The van der Waals surface area contributed by atoms with Gasteiger partial charge in [-0.15, -0.1) is 10.2 Å². The number of carbonyl (C=O) groups excluding carboxylic acids is 1. The van der Waals surface area contributed by atoms with Crippen LogP contribution in [-0.2, 0) is 0 Å². The van der Waals surface area contributed by atoms with Crippen LogP contribution in [0.3, 0.4) is 0 Å². The largest absolute Gasteiger partial charge is 0.296 e. The lowest BCUT2D eigenvalue weighted by Gasteiger charge is -2.05. The number of anilines is 1. The Hall–Kier alpha value is -3.32. The zero-order chi connectivity index (χ0) is 19.8. The summed E-state index contributed by atoms with van der Waals surface area (Å²) in [6.07, 6.45) is 4.09. The summed E-state index contributed by atoms with van der Waals surface area (Å²) in [6, 6.07) is 17.7. The molecule has 1 N–H and O–H groups in total. The van der Waals surface area contributed by atoms with Crippen molar-refractivity contribution < 1.29 is 4.79 Å². The molecule has 1 amide bonds. The minimum Gasteiger partial charge on any atom is -0.296 e. The van der Waals surface area contributed by atoms with Crippen LogP contribution in [0.1, 0.15) is 39.7 Å². The van der Waals surface area contributed by atoms with Crippen molar-refractivity contribution in [2.24, 2.45) is 0 Å². The molecule has 0 radical (unpaired) electrons. The van der Waals surface area contributed by atoms with E-state index in [0.29, 0.717) is 22.3 Å². The van der Waals surface area contributed by atoms with Crippen LogP contribution in [0.4, 0.5) is 5.13 Å². The number of amides is 1. The molecule has 29 heavy (non-hydrogen) atoms. The molecule has 5 rings (SSSR count). The van der Waals surface area contributed by atoms with E-state index < -0.39 is 0 Å². The fourth-order valence-electron chi connectivity index (χ4n) is 3.24. The predicted molar refractivity (Wildman–Crippen MR) is 114 cm³/mol. The van der Waals surface area contributed by atoms with Gasteiger partial charge in [-0.3, -0.25) is 10.1 Å². The van der Waals surface area contributed by atoms with Crippen LogP contribution in [0, 0.1) is 6.92 Å². The molecule has 0 atom stereocenters. The second-order valence-electron chi connectivity index (χ2n) is 7.16. The summed E-state index contributed by atoms with van der Waals surface area (Å²) in [6.45, 7) is 2.02. The van der Waals surface area contributed by atoms with Gasteiger partial charge >= 0.3 is 0 Å². The molecule has 2 aromatic heterocycles. The van der Waals surface area contributed by atoms with Crippen molar-refractivity contribution in [2.75, 3.05) is 5.32 Å². The van der Waals surface area contributed by atoms with Gasteiger partial charge in [0.1, 0.15) is 10.7 Å². The molecule has 2 aromatic carbocycles. The maximum absolute atomic E-state index is 13.1. The van der Waals surface area contributed by atoms with Crippen LogP contribution < -0.4 is 5.32 Å². The van der Waals surface area contributed by atoms with E-state index in [4.69, 9.17) is 5.10 Å². The number of nitrogens with zero attached hydrogens (tertiary/aromatic N) is 4. The SMILES string of the molecule is Cc1ccccc1-c1nn(-c2ccccc2)cc1C(=O)Nc1nnc(C2CC2)s1. The molecular formula is C22H19N5OS. The molecule has 1 fully saturated rings. The fraction of sp³-hybridized carbons (Fsp3) is 0.182. The molecular weight excluding hydrogens is 382 g/mol. The average molecular weight is 401 g/mol.